The number of carbonyl (C=O) groups is 1. The lowest BCUT2D eigenvalue weighted by Gasteiger charge is -1.94. The Balaban J connectivity index is 0.000000561. The van der Waals surface area contributed by atoms with Gasteiger partial charge in [-0.2, -0.15) is 0 Å². The zero-order valence-electron chi connectivity index (χ0n) is 7.53. The molecule has 0 unspecified atom stereocenters. The van der Waals surface area contributed by atoms with Gasteiger partial charge in [-0.25, -0.2) is 4.98 Å². The Bertz CT molecular complexity index is 223. The van der Waals surface area contributed by atoms with E-state index in [1.54, 1.807) is 7.05 Å². The third-order valence-corrected chi connectivity index (χ3v) is 1.02. The summed E-state index contributed by atoms with van der Waals surface area (Å²) in [6.45, 7) is 4.00. The van der Waals surface area contributed by atoms with Crippen molar-refractivity contribution in [3.63, 3.8) is 0 Å². The fraction of sp³-hybridized carbons (Fsp3) is 0.375. The third kappa shape index (κ3) is 3.09. The summed E-state index contributed by atoms with van der Waals surface area (Å²) in [7, 11) is 1.55. The van der Waals surface area contributed by atoms with Gasteiger partial charge in [0.1, 0.15) is 5.69 Å². The molecule has 12 heavy (non-hydrogen) atoms. The molecule has 0 aliphatic carbocycles. The van der Waals surface area contributed by atoms with E-state index in [4.69, 9.17) is 0 Å². The van der Waals surface area contributed by atoms with Crippen LogP contribution in [0.3, 0.4) is 0 Å². The highest BCUT2D eigenvalue weighted by Gasteiger charge is 2.01. The molecule has 1 rings (SSSR count). The van der Waals surface area contributed by atoms with Gasteiger partial charge in [0.25, 0.3) is 5.91 Å². The Morgan fingerprint density at radius 1 is 1.42 bits per heavy atom. The van der Waals surface area contributed by atoms with E-state index in [0.717, 1.165) is 0 Å². The van der Waals surface area contributed by atoms with Crippen LogP contribution >= 0.6 is 0 Å². The van der Waals surface area contributed by atoms with E-state index in [0.29, 0.717) is 5.69 Å². The third-order valence-electron chi connectivity index (χ3n) is 1.02. The van der Waals surface area contributed by atoms with Crippen LogP contribution in [0.4, 0.5) is 0 Å². The van der Waals surface area contributed by atoms with Gasteiger partial charge < -0.3 is 5.32 Å². The van der Waals surface area contributed by atoms with Gasteiger partial charge in [0, 0.05) is 19.4 Å². The maximum atomic E-state index is 10.8. The van der Waals surface area contributed by atoms with Gasteiger partial charge in [0.2, 0.25) is 0 Å². The molecule has 1 aromatic heterocycles. The first-order chi connectivity index (χ1) is 5.84. The van der Waals surface area contributed by atoms with Crippen molar-refractivity contribution in [2.24, 2.45) is 0 Å². The summed E-state index contributed by atoms with van der Waals surface area (Å²) in [5, 5.41) is 2.44. The molecular weight excluding hydrogens is 154 g/mol. The quantitative estimate of drug-likeness (QED) is 0.675. The summed E-state index contributed by atoms with van der Waals surface area (Å²) < 4.78 is 0. The van der Waals surface area contributed by atoms with Crippen molar-refractivity contribution in [3.8, 4) is 0 Å². The molecule has 0 saturated heterocycles. The molecule has 1 amide bonds. The topological polar surface area (TPSA) is 54.9 Å². The minimum Gasteiger partial charge on any atom is -0.354 e. The van der Waals surface area contributed by atoms with E-state index in [-0.39, 0.29) is 5.91 Å². The van der Waals surface area contributed by atoms with Crippen LogP contribution in [0.1, 0.15) is 24.3 Å². The van der Waals surface area contributed by atoms with Crippen molar-refractivity contribution < 1.29 is 4.79 Å². The Hall–Kier alpha value is -1.45. The SMILES string of the molecule is CC.CNC(=O)c1cnccn1. The van der Waals surface area contributed by atoms with Gasteiger partial charge in [-0.3, -0.25) is 9.78 Å². The maximum Gasteiger partial charge on any atom is 0.271 e. The predicted octanol–water partition coefficient (Wildman–Crippen LogP) is 0.862. The largest absolute Gasteiger partial charge is 0.354 e. The van der Waals surface area contributed by atoms with Crippen molar-refractivity contribution in [1.29, 1.82) is 0 Å². The van der Waals surface area contributed by atoms with Gasteiger partial charge in [-0.05, 0) is 0 Å². The van der Waals surface area contributed by atoms with Gasteiger partial charge in [-0.15, -0.1) is 0 Å². The van der Waals surface area contributed by atoms with E-state index in [2.05, 4.69) is 15.3 Å². The summed E-state index contributed by atoms with van der Waals surface area (Å²) in [5.41, 5.74) is 0.338. The van der Waals surface area contributed by atoms with Gasteiger partial charge in [0.05, 0.1) is 6.20 Å². The molecule has 0 fully saturated rings. The molecule has 0 bridgehead atoms. The number of nitrogens with zero attached hydrogens (tertiary/aromatic N) is 2. The van der Waals surface area contributed by atoms with Crippen LogP contribution in [0.5, 0.6) is 0 Å². The van der Waals surface area contributed by atoms with Crippen molar-refractivity contribution in [2.45, 2.75) is 13.8 Å². The number of amides is 1. The average Bonchev–Trinajstić information content (AvgIpc) is 2.21. The average molecular weight is 167 g/mol. The van der Waals surface area contributed by atoms with Crippen molar-refractivity contribution in [1.82, 2.24) is 15.3 Å². The van der Waals surface area contributed by atoms with Crippen LogP contribution in [-0.2, 0) is 0 Å². The van der Waals surface area contributed by atoms with Crippen LogP contribution < -0.4 is 5.32 Å². The standard InChI is InChI=1S/C6H7N3O.C2H6/c1-7-6(10)5-4-8-2-3-9-5;1-2/h2-4H,1H3,(H,7,10);1-2H3. The van der Waals surface area contributed by atoms with Crippen molar-refractivity contribution in [3.05, 3.63) is 24.3 Å². The zero-order valence-corrected chi connectivity index (χ0v) is 7.53. The van der Waals surface area contributed by atoms with E-state index >= 15 is 0 Å². The molecule has 0 saturated carbocycles. The maximum absolute atomic E-state index is 10.8. The van der Waals surface area contributed by atoms with E-state index in [1.165, 1.54) is 18.6 Å². The van der Waals surface area contributed by atoms with Crippen LogP contribution in [0.25, 0.3) is 0 Å². The first-order valence-corrected chi connectivity index (χ1v) is 3.82. The monoisotopic (exact) mass is 167 g/mol. The first kappa shape index (κ1) is 10.6. The van der Waals surface area contributed by atoms with Gasteiger partial charge in [0.15, 0.2) is 0 Å². The number of carbonyl (C=O) groups excluding carboxylic acids is 1. The molecule has 0 aromatic carbocycles. The second-order valence-corrected chi connectivity index (χ2v) is 1.67. The minimum atomic E-state index is -0.215. The van der Waals surface area contributed by atoms with E-state index < -0.39 is 0 Å². The fourth-order valence-corrected chi connectivity index (χ4v) is 0.544. The summed E-state index contributed by atoms with van der Waals surface area (Å²) in [4.78, 5) is 18.3. The van der Waals surface area contributed by atoms with E-state index in [1.807, 2.05) is 13.8 Å². The molecule has 0 aliphatic heterocycles. The van der Waals surface area contributed by atoms with E-state index in [9.17, 15) is 4.79 Å². The molecule has 0 atom stereocenters. The summed E-state index contributed by atoms with van der Waals surface area (Å²) in [6, 6.07) is 0. The first-order valence-electron chi connectivity index (χ1n) is 3.82. The molecule has 0 radical (unpaired) electrons. The number of aromatic nitrogens is 2. The van der Waals surface area contributed by atoms with Crippen LogP contribution in [-0.4, -0.2) is 22.9 Å². The van der Waals surface area contributed by atoms with Crippen LogP contribution in [0.2, 0.25) is 0 Å². The van der Waals surface area contributed by atoms with Crippen LogP contribution in [0.15, 0.2) is 18.6 Å². The molecule has 1 heterocycles. The molecule has 66 valence electrons. The Morgan fingerprint density at radius 3 is 2.50 bits per heavy atom. The highest BCUT2D eigenvalue weighted by molar-refractivity contribution is 5.91. The number of hydrogen-bond acceptors (Lipinski definition) is 3. The highest BCUT2D eigenvalue weighted by atomic mass is 16.1. The molecule has 0 spiro atoms. The molecule has 1 N–H and O–H groups in total. The van der Waals surface area contributed by atoms with Crippen molar-refractivity contribution in [2.75, 3.05) is 7.05 Å². The second-order valence-electron chi connectivity index (χ2n) is 1.67. The molecular formula is C8H13N3O. The lowest BCUT2D eigenvalue weighted by atomic mass is 10.4. The number of rotatable bonds is 1. The van der Waals surface area contributed by atoms with Gasteiger partial charge in [-0.1, -0.05) is 13.8 Å². The summed E-state index contributed by atoms with van der Waals surface area (Å²) in [6.07, 6.45) is 4.41. The minimum absolute atomic E-state index is 0.215. The molecule has 4 heteroatoms. The summed E-state index contributed by atoms with van der Waals surface area (Å²) >= 11 is 0. The number of nitrogens with one attached hydrogen (secondary N) is 1. The summed E-state index contributed by atoms with van der Waals surface area (Å²) in [5.74, 6) is -0.215. The number of hydrogen-bond donors (Lipinski definition) is 1. The van der Waals surface area contributed by atoms with Crippen molar-refractivity contribution >= 4 is 5.91 Å². The predicted molar refractivity (Wildman–Crippen MR) is 46.8 cm³/mol. The fourth-order valence-electron chi connectivity index (χ4n) is 0.544. The molecule has 4 nitrogen and oxygen atoms in total. The normalized spacial score (nSPS) is 7.92. The Morgan fingerprint density at radius 2 is 2.08 bits per heavy atom. The highest BCUT2D eigenvalue weighted by Crippen LogP contribution is 1.87. The molecule has 1 aromatic rings. The Kier molecular flexibility index (Phi) is 5.51. The molecule has 0 aliphatic rings. The van der Waals surface area contributed by atoms with Crippen LogP contribution in [0, 0.1) is 0 Å². The smallest absolute Gasteiger partial charge is 0.271 e. The Labute approximate surface area is 72.0 Å². The zero-order chi connectivity index (χ0) is 9.40. The second kappa shape index (κ2) is 6.27. The lowest BCUT2D eigenvalue weighted by molar-refractivity contribution is 0.0958. The lowest BCUT2D eigenvalue weighted by Crippen LogP contribution is -2.19. The van der Waals surface area contributed by atoms with Gasteiger partial charge >= 0.3 is 0 Å².